The number of aromatic nitrogens is 1. The van der Waals surface area contributed by atoms with Crippen molar-refractivity contribution in [3.05, 3.63) is 82.1 Å². The van der Waals surface area contributed by atoms with Gasteiger partial charge in [0.25, 0.3) is 5.56 Å². The summed E-state index contributed by atoms with van der Waals surface area (Å²) >= 11 is 0. The summed E-state index contributed by atoms with van der Waals surface area (Å²) in [5.74, 6) is 0.105. The number of ether oxygens (including phenoxy) is 1. The maximum absolute atomic E-state index is 13.1. The van der Waals surface area contributed by atoms with E-state index < -0.39 is 11.5 Å². The van der Waals surface area contributed by atoms with Crippen molar-refractivity contribution < 1.29 is 9.53 Å². The molecule has 0 N–H and O–H groups in total. The summed E-state index contributed by atoms with van der Waals surface area (Å²) in [6.07, 6.45) is 0.963. The number of rotatable bonds is 6. The molecule has 1 heterocycles. The molecular formula is C24H27NO3. The summed E-state index contributed by atoms with van der Waals surface area (Å²) in [5, 5.41) is 0.897. The highest BCUT2D eigenvalue weighted by molar-refractivity contribution is 5.87. The van der Waals surface area contributed by atoms with Crippen molar-refractivity contribution in [3.63, 3.8) is 0 Å². The van der Waals surface area contributed by atoms with Crippen molar-refractivity contribution in [3.8, 4) is 0 Å². The van der Waals surface area contributed by atoms with Crippen LogP contribution in [0.15, 0.2) is 65.5 Å². The van der Waals surface area contributed by atoms with Gasteiger partial charge in [-0.05, 0) is 54.8 Å². The Kier molecular flexibility index (Phi) is 5.68. The van der Waals surface area contributed by atoms with Gasteiger partial charge in [-0.3, -0.25) is 9.36 Å². The van der Waals surface area contributed by atoms with Crippen molar-refractivity contribution >= 4 is 16.9 Å². The molecule has 1 aromatic heterocycles. The number of para-hydroxylation sites is 1. The van der Waals surface area contributed by atoms with Gasteiger partial charge in [0.05, 0.1) is 12.1 Å². The minimum Gasteiger partial charge on any atom is -0.464 e. The van der Waals surface area contributed by atoms with Crippen molar-refractivity contribution in [2.24, 2.45) is 5.92 Å². The minimum atomic E-state index is -1.26. The summed E-state index contributed by atoms with van der Waals surface area (Å²) < 4.78 is 6.97. The van der Waals surface area contributed by atoms with Crippen LogP contribution in [0, 0.1) is 5.92 Å². The summed E-state index contributed by atoms with van der Waals surface area (Å²) in [4.78, 5) is 26.1. The monoisotopic (exact) mass is 377 g/mol. The lowest BCUT2D eigenvalue weighted by Crippen LogP contribution is -2.47. The van der Waals surface area contributed by atoms with Gasteiger partial charge < -0.3 is 4.74 Å². The predicted octanol–water partition coefficient (Wildman–Crippen LogP) is 4.53. The van der Waals surface area contributed by atoms with Crippen LogP contribution in [0.5, 0.6) is 0 Å². The fourth-order valence-electron chi connectivity index (χ4n) is 3.69. The van der Waals surface area contributed by atoms with Crippen LogP contribution in [0.2, 0.25) is 0 Å². The highest BCUT2D eigenvalue weighted by Gasteiger charge is 2.40. The lowest BCUT2D eigenvalue weighted by atomic mass is 9.89. The first-order chi connectivity index (χ1) is 13.4. The lowest BCUT2D eigenvalue weighted by Gasteiger charge is -2.31. The van der Waals surface area contributed by atoms with E-state index in [1.54, 1.807) is 24.5 Å². The second kappa shape index (κ2) is 8.01. The maximum Gasteiger partial charge on any atom is 0.336 e. The second-order valence-electron chi connectivity index (χ2n) is 7.65. The molecule has 0 aliphatic heterocycles. The van der Waals surface area contributed by atoms with Gasteiger partial charge in [0.2, 0.25) is 0 Å². The molecule has 28 heavy (non-hydrogen) atoms. The van der Waals surface area contributed by atoms with E-state index >= 15 is 0 Å². The molecule has 146 valence electrons. The van der Waals surface area contributed by atoms with Gasteiger partial charge in [-0.25, -0.2) is 4.79 Å². The van der Waals surface area contributed by atoms with E-state index in [-0.39, 0.29) is 12.2 Å². The standard InChI is InChI=1S/C24H27NO3/c1-5-28-23(27)24(4,20-13-10-18(11-14-20)16-17(2)3)25-21-9-7-6-8-19(21)12-15-22(25)26/h6-15,17H,5,16H2,1-4H3. The number of benzene rings is 2. The highest BCUT2D eigenvalue weighted by atomic mass is 16.5. The van der Waals surface area contributed by atoms with E-state index in [1.165, 1.54) is 11.6 Å². The maximum atomic E-state index is 13.1. The van der Waals surface area contributed by atoms with Gasteiger partial charge in [-0.1, -0.05) is 56.3 Å². The van der Waals surface area contributed by atoms with Crippen LogP contribution in [0.3, 0.4) is 0 Å². The van der Waals surface area contributed by atoms with Crippen LogP contribution >= 0.6 is 0 Å². The quantitative estimate of drug-likeness (QED) is 0.593. The topological polar surface area (TPSA) is 48.3 Å². The molecule has 0 fully saturated rings. The lowest BCUT2D eigenvalue weighted by molar-refractivity contribution is -0.150. The third kappa shape index (κ3) is 3.59. The van der Waals surface area contributed by atoms with Gasteiger partial charge in [-0.15, -0.1) is 0 Å². The number of carbonyl (C=O) groups is 1. The fraction of sp³-hybridized carbons (Fsp3) is 0.333. The molecule has 3 rings (SSSR count). The first-order valence-electron chi connectivity index (χ1n) is 9.75. The molecule has 0 aliphatic carbocycles. The molecule has 4 nitrogen and oxygen atoms in total. The molecule has 0 saturated carbocycles. The molecule has 1 unspecified atom stereocenters. The number of esters is 1. The molecular weight excluding hydrogens is 350 g/mol. The van der Waals surface area contributed by atoms with Crippen molar-refractivity contribution in [1.82, 2.24) is 4.57 Å². The number of nitrogens with zero attached hydrogens (tertiary/aromatic N) is 1. The molecule has 4 heteroatoms. The Labute approximate surface area is 165 Å². The Bertz CT molecular complexity index is 1030. The summed E-state index contributed by atoms with van der Waals surface area (Å²) in [5.41, 5.74) is 1.15. The van der Waals surface area contributed by atoms with Gasteiger partial charge in [0.1, 0.15) is 0 Å². The Morgan fingerprint density at radius 1 is 1.04 bits per heavy atom. The molecule has 2 aromatic carbocycles. The Hall–Kier alpha value is -2.88. The average molecular weight is 377 g/mol. The predicted molar refractivity (Wildman–Crippen MR) is 113 cm³/mol. The normalized spacial score (nSPS) is 13.5. The van der Waals surface area contributed by atoms with Crippen molar-refractivity contribution in [2.75, 3.05) is 6.61 Å². The van der Waals surface area contributed by atoms with E-state index in [2.05, 4.69) is 13.8 Å². The minimum absolute atomic E-state index is 0.236. The zero-order valence-corrected chi connectivity index (χ0v) is 16.9. The molecule has 0 radical (unpaired) electrons. The first-order valence-corrected chi connectivity index (χ1v) is 9.75. The Morgan fingerprint density at radius 3 is 2.36 bits per heavy atom. The summed E-state index contributed by atoms with van der Waals surface area (Å²) in [7, 11) is 0. The molecule has 0 aliphatic rings. The van der Waals surface area contributed by atoms with Crippen LogP contribution in [-0.4, -0.2) is 17.1 Å². The molecule has 3 aromatic rings. The van der Waals surface area contributed by atoms with Crippen LogP contribution < -0.4 is 5.56 Å². The third-order valence-electron chi connectivity index (χ3n) is 5.08. The smallest absolute Gasteiger partial charge is 0.336 e. The van der Waals surface area contributed by atoms with Gasteiger partial charge in [0.15, 0.2) is 5.54 Å². The van der Waals surface area contributed by atoms with Crippen LogP contribution in [0.25, 0.3) is 10.9 Å². The van der Waals surface area contributed by atoms with E-state index in [0.717, 1.165) is 17.4 Å². The van der Waals surface area contributed by atoms with Gasteiger partial charge in [-0.2, -0.15) is 0 Å². The Balaban J connectivity index is 2.24. The van der Waals surface area contributed by atoms with Crippen LogP contribution in [0.4, 0.5) is 0 Å². The zero-order chi connectivity index (χ0) is 20.3. The van der Waals surface area contributed by atoms with E-state index in [9.17, 15) is 9.59 Å². The number of pyridine rings is 1. The Morgan fingerprint density at radius 2 is 1.71 bits per heavy atom. The molecule has 0 amide bonds. The molecule has 1 atom stereocenters. The van der Waals surface area contributed by atoms with Gasteiger partial charge in [0, 0.05) is 6.07 Å². The van der Waals surface area contributed by atoms with E-state index in [1.807, 2.05) is 48.5 Å². The molecule has 0 bridgehead atoms. The highest BCUT2D eigenvalue weighted by Crippen LogP contribution is 2.30. The van der Waals surface area contributed by atoms with Crippen LogP contribution in [-0.2, 0) is 21.5 Å². The number of carbonyl (C=O) groups excluding carboxylic acids is 1. The second-order valence-corrected chi connectivity index (χ2v) is 7.65. The summed E-state index contributed by atoms with van der Waals surface area (Å²) in [6.45, 7) is 8.13. The summed E-state index contributed by atoms with van der Waals surface area (Å²) in [6, 6.07) is 18.8. The van der Waals surface area contributed by atoms with Crippen molar-refractivity contribution in [2.45, 2.75) is 39.7 Å². The third-order valence-corrected chi connectivity index (χ3v) is 5.08. The molecule has 0 saturated heterocycles. The number of hydrogen-bond acceptors (Lipinski definition) is 3. The first kappa shape index (κ1) is 19.9. The fourth-order valence-corrected chi connectivity index (χ4v) is 3.69. The van der Waals surface area contributed by atoms with E-state index in [4.69, 9.17) is 4.74 Å². The molecule has 0 spiro atoms. The average Bonchev–Trinajstić information content (AvgIpc) is 2.67. The van der Waals surface area contributed by atoms with Crippen molar-refractivity contribution in [1.29, 1.82) is 0 Å². The van der Waals surface area contributed by atoms with Crippen LogP contribution in [0.1, 0.15) is 38.8 Å². The van der Waals surface area contributed by atoms with E-state index in [0.29, 0.717) is 11.4 Å². The largest absolute Gasteiger partial charge is 0.464 e. The SMILES string of the molecule is CCOC(=O)C(C)(c1ccc(CC(C)C)cc1)n1c(=O)ccc2ccccc21. The number of hydrogen-bond donors (Lipinski definition) is 0. The zero-order valence-electron chi connectivity index (χ0n) is 16.9. The van der Waals surface area contributed by atoms with Gasteiger partial charge >= 0.3 is 5.97 Å². The number of fused-ring (bicyclic) bond motifs is 1.